The predicted molar refractivity (Wildman–Crippen MR) is 70.4 cm³/mol. The zero-order chi connectivity index (χ0) is 14.0. The minimum atomic E-state index is -0.667. The molecule has 1 aromatic heterocycles. The Balaban J connectivity index is 2.74. The maximum atomic E-state index is 13.9. The Kier molecular flexibility index (Phi) is 3.71. The minimum absolute atomic E-state index is 0.150. The van der Waals surface area contributed by atoms with E-state index in [-0.39, 0.29) is 12.2 Å². The third kappa shape index (κ3) is 2.53. The fourth-order valence-electron chi connectivity index (χ4n) is 1.87. The number of aliphatic hydroxyl groups excluding tert-OH is 1. The number of benzene rings is 1. The average Bonchev–Trinajstić information content (AvgIpc) is 2.38. The van der Waals surface area contributed by atoms with Crippen LogP contribution in [0.3, 0.4) is 0 Å². The van der Waals surface area contributed by atoms with Crippen LogP contribution in [-0.2, 0) is 0 Å². The summed E-state index contributed by atoms with van der Waals surface area (Å²) in [6.45, 7) is 5.12. The first-order valence-electron chi connectivity index (χ1n) is 5.74. The highest BCUT2D eigenvalue weighted by Gasteiger charge is 2.17. The highest BCUT2D eigenvalue weighted by atomic mass is 19.1. The van der Waals surface area contributed by atoms with Gasteiger partial charge < -0.3 is 5.11 Å². The summed E-state index contributed by atoms with van der Waals surface area (Å²) in [7, 11) is 0. The van der Waals surface area contributed by atoms with Crippen LogP contribution in [0.25, 0.3) is 16.7 Å². The van der Waals surface area contributed by atoms with E-state index in [1.807, 2.05) is 0 Å². The molecule has 0 atom stereocenters. The van der Waals surface area contributed by atoms with Crippen LogP contribution in [0.1, 0.15) is 11.3 Å². The van der Waals surface area contributed by atoms with Crippen molar-refractivity contribution in [1.82, 2.24) is 4.98 Å². The molecule has 2 rings (SSSR count). The van der Waals surface area contributed by atoms with Crippen LogP contribution in [0.2, 0.25) is 0 Å². The number of aryl methyl sites for hydroxylation is 1. The monoisotopic (exact) mass is 261 g/mol. The number of nitrogens with zero attached hydrogens (tertiary/aromatic N) is 1. The zero-order valence-corrected chi connectivity index (χ0v) is 10.5. The van der Waals surface area contributed by atoms with Gasteiger partial charge in [0.25, 0.3) is 0 Å². The molecule has 19 heavy (non-hydrogen) atoms. The summed E-state index contributed by atoms with van der Waals surface area (Å²) in [4.78, 5) is 4.11. The highest BCUT2D eigenvalue weighted by Crippen LogP contribution is 2.31. The van der Waals surface area contributed by atoms with Gasteiger partial charge in [-0.25, -0.2) is 8.78 Å². The van der Waals surface area contributed by atoms with Crippen molar-refractivity contribution in [3.05, 3.63) is 59.9 Å². The number of rotatable bonds is 3. The van der Waals surface area contributed by atoms with Crippen LogP contribution in [0.5, 0.6) is 0 Å². The van der Waals surface area contributed by atoms with Crippen LogP contribution in [0.4, 0.5) is 8.78 Å². The van der Waals surface area contributed by atoms with E-state index in [4.69, 9.17) is 5.11 Å². The molecule has 0 amide bonds. The van der Waals surface area contributed by atoms with Crippen LogP contribution >= 0.6 is 0 Å². The molecule has 1 heterocycles. The first-order valence-corrected chi connectivity index (χ1v) is 5.74. The summed E-state index contributed by atoms with van der Waals surface area (Å²) in [6, 6.07) is 5.31. The molecule has 0 saturated heterocycles. The molecular formula is C15H13F2NO. The summed E-state index contributed by atoms with van der Waals surface area (Å²) >= 11 is 0. The number of hydrogen-bond acceptors (Lipinski definition) is 2. The first kappa shape index (κ1) is 13.4. The molecular weight excluding hydrogens is 248 g/mol. The smallest absolute Gasteiger partial charge is 0.134 e. The Labute approximate surface area is 110 Å². The lowest BCUT2D eigenvalue weighted by atomic mass is 9.98. The van der Waals surface area contributed by atoms with Crippen molar-refractivity contribution in [3.63, 3.8) is 0 Å². The second kappa shape index (κ2) is 5.28. The topological polar surface area (TPSA) is 33.1 Å². The van der Waals surface area contributed by atoms with Gasteiger partial charge in [-0.15, -0.1) is 0 Å². The third-order valence-corrected chi connectivity index (χ3v) is 2.78. The minimum Gasteiger partial charge on any atom is -0.392 e. The fraction of sp³-hybridized carbons (Fsp3) is 0.133. The first-order chi connectivity index (χ1) is 9.04. The van der Waals surface area contributed by atoms with Gasteiger partial charge in [0, 0.05) is 11.8 Å². The Morgan fingerprint density at radius 3 is 2.53 bits per heavy atom. The van der Waals surface area contributed by atoms with Crippen molar-refractivity contribution in [3.8, 4) is 11.1 Å². The number of aromatic nitrogens is 1. The Morgan fingerprint density at radius 1 is 1.32 bits per heavy atom. The van der Waals surface area contributed by atoms with E-state index >= 15 is 0 Å². The second-order valence-corrected chi connectivity index (χ2v) is 4.27. The Hall–Kier alpha value is -2.07. The molecule has 2 nitrogen and oxygen atoms in total. The standard InChI is InChI=1S/C15H13F2NO/c1-9-6-11(15(18-7-9)10(2)8-19)14-12(16)4-3-5-13(14)17/h3-7,19H,2,8H2,1H3. The molecule has 0 fully saturated rings. The van der Waals surface area contributed by atoms with E-state index in [9.17, 15) is 8.78 Å². The Bertz CT molecular complexity index is 618. The Morgan fingerprint density at radius 2 is 1.95 bits per heavy atom. The van der Waals surface area contributed by atoms with Gasteiger partial charge in [-0.3, -0.25) is 4.98 Å². The molecule has 0 unspecified atom stereocenters. The quantitative estimate of drug-likeness (QED) is 0.919. The van der Waals surface area contributed by atoms with Gasteiger partial charge in [0.1, 0.15) is 11.6 Å². The van der Waals surface area contributed by atoms with Gasteiger partial charge >= 0.3 is 0 Å². The molecule has 0 radical (unpaired) electrons. The van der Waals surface area contributed by atoms with E-state index < -0.39 is 11.6 Å². The summed E-state index contributed by atoms with van der Waals surface area (Å²) in [5, 5.41) is 9.14. The molecule has 0 bridgehead atoms. The number of halogens is 2. The maximum absolute atomic E-state index is 13.9. The fourth-order valence-corrected chi connectivity index (χ4v) is 1.87. The summed E-state index contributed by atoms with van der Waals surface area (Å²) in [5.41, 5.74) is 1.54. The van der Waals surface area contributed by atoms with Crippen molar-refractivity contribution < 1.29 is 13.9 Å². The van der Waals surface area contributed by atoms with Gasteiger partial charge in [0.15, 0.2) is 0 Å². The molecule has 1 aromatic carbocycles. The number of pyridine rings is 1. The molecule has 0 aliphatic rings. The van der Waals surface area contributed by atoms with E-state index in [0.29, 0.717) is 16.8 Å². The summed E-state index contributed by atoms with van der Waals surface area (Å²) in [6.07, 6.45) is 1.57. The summed E-state index contributed by atoms with van der Waals surface area (Å²) in [5.74, 6) is -1.33. The molecule has 0 aliphatic heterocycles. The lowest BCUT2D eigenvalue weighted by molar-refractivity contribution is 0.350. The van der Waals surface area contributed by atoms with Crippen LogP contribution in [0.15, 0.2) is 37.0 Å². The molecule has 2 aromatic rings. The van der Waals surface area contributed by atoms with Crippen molar-refractivity contribution in [1.29, 1.82) is 0 Å². The van der Waals surface area contributed by atoms with E-state index in [1.54, 1.807) is 19.2 Å². The highest BCUT2D eigenvalue weighted by molar-refractivity contribution is 5.79. The van der Waals surface area contributed by atoms with Gasteiger partial charge in [-0.2, -0.15) is 0 Å². The maximum Gasteiger partial charge on any atom is 0.134 e. The van der Waals surface area contributed by atoms with Gasteiger partial charge in [0.05, 0.1) is 17.9 Å². The lowest BCUT2D eigenvalue weighted by Gasteiger charge is -2.12. The average molecular weight is 261 g/mol. The van der Waals surface area contributed by atoms with Crippen LogP contribution in [-0.4, -0.2) is 16.7 Å². The van der Waals surface area contributed by atoms with Crippen LogP contribution in [0, 0.1) is 18.6 Å². The van der Waals surface area contributed by atoms with Gasteiger partial charge in [-0.05, 0) is 36.3 Å². The van der Waals surface area contributed by atoms with E-state index in [1.165, 1.54) is 18.2 Å². The molecule has 0 aliphatic carbocycles. The third-order valence-electron chi connectivity index (χ3n) is 2.78. The number of hydrogen-bond donors (Lipinski definition) is 1. The van der Waals surface area contributed by atoms with Crippen molar-refractivity contribution in [2.45, 2.75) is 6.92 Å². The molecule has 0 saturated carbocycles. The number of aliphatic hydroxyl groups is 1. The predicted octanol–water partition coefficient (Wildman–Crippen LogP) is 3.34. The molecule has 1 N–H and O–H groups in total. The van der Waals surface area contributed by atoms with E-state index in [0.717, 1.165) is 5.56 Å². The van der Waals surface area contributed by atoms with E-state index in [2.05, 4.69) is 11.6 Å². The molecule has 0 spiro atoms. The second-order valence-electron chi connectivity index (χ2n) is 4.27. The van der Waals surface area contributed by atoms with Crippen LogP contribution < -0.4 is 0 Å². The molecule has 98 valence electrons. The lowest BCUT2D eigenvalue weighted by Crippen LogP contribution is -2.00. The van der Waals surface area contributed by atoms with Gasteiger partial charge in [-0.1, -0.05) is 12.6 Å². The van der Waals surface area contributed by atoms with Crippen molar-refractivity contribution in [2.75, 3.05) is 6.61 Å². The van der Waals surface area contributed by atoms with Gasteiger partial charge in [0.2, 0.25) is 0 Å². The van der Waals surface area contributed by atoms with Crippen molar-refractivity contribution in [2.24, 2.45) is 0 Å². The largest absolute Gasteiger partial charge is 0.392 e. The summed E-state index contributed by atoms with van der Waals surface area (Å²) < 4.78 is 27.7. The normalized spacial score (nSPS) is 10.5. The molecule has 4 heteroatoms. The SMILES string of the molecule is C=C(CO)c1ncc(C)cc1-c1c(F)cccc1F. The zero-order valence-electron chi connectivity index (χ0n) is 10.5. The van der Waals surface area contributed by atoms with Crippen molar-refractivity contribution >= 4 is 5.57 Å².